The number of likely N-dealkylation sites (tertiary alicyclic amines) is 1. The lowest BCUT2D eigenvalue weighted by atomic mass is 10.0. The minimum atomic E-state index is 0.0424. The number of aromatic nitrogens is 2. The predicted octanol–water partition coefficient (Wildman–Crippen LogP) is 2.40. The fourth-order valence-corrected chi connectivity index (χ4v) is 3.10. The van der Waals surface area contributed by atoms with Gasteiger partial charge in [0, 0.05) is 6.04 Å². The molecule has 1 saturated heterocycles. The van der Waals surface area contributed by atoms with Gasteiger partial charge < -0.3 is 4.90 Å². The molecule has 0 saturated carbocycles. The normalized spacial score (nSPS) is 17.7. The van der Waals surface area contributed by atoms with Crippen molar-refractivity contribution in [1.29, 1.82) is 0 Å². The lowest BCUT2D eigenvalue weighted by Crippen LogP contribution is -2.37. The summed E-state index contributed by atoms with van der Waals surface area (Å²) in [5, 5.41) is 0.681. The predicted molar refractivity (Wildman–Crippen MR) is 81.3 cm³/mol. The number of hydrogen-bond donors (Lipinski definition) is 0. The molecule has 1 aromatic carbocycles. The second-order valence-corrected chi connectivity index (χ2v) is 5.66. The van der Waals surface area contributed by atoms with Crippen molar-refractivity contribution in [3.8, 4) is 0 Å². The molecule has 1 aliphatic rings. The average molecular weight is 292 g/mol. The number of alkyl halides is 1. The third kappa shape index (κ3) is 2.34. The van der Waals surface area contributed by atoms with Crippen LogP contribution in [0.3, 0.4) is 0 Å². The largest absolute Gasteiger partial charge is 0.306 e. The van der Waals surface area contributed by atoms with E-state index in [1.165, 1.54) is 0 Å². The van der Waals surface area contributed by atoms with Gasteiger partial charge in [0.05, 0.1) is 16.8 Å². The third-order valence-corrected chi connectivity index (χ3v) is 4.29. The van der Waals surface area contributed by atoms with Gasteiger partial charge in [0.2, 0.25) is 0 Å². The molecule has 0 unspecified atom stereocenters. The quantitative estimate of drug-likeness (QED) is 0.798. The highest BCUT2D eigenvalue weighted by atomic mass is 35.5. The van der Waals surface area contributed by atoms with Crippen molar-refractivity contribution in [2.75, 3.05) is 20.1 Å². The summed E-state index contributed by atoms with van der Waals surface area (Å²) in [5.74, 6) is 0.955. The number of hydrogen-bond acceptors (Lipinski definition) is 3. The number of nitrogens with zero attached hydrogens (tertiary/aromatic N) is 3. The Kier molecular flexibility index (Phi) is 3.76. The Bertz CT molecular complexity index is 674. The second kappa shape index (κ2) is 5.54. The van der Waals surface area contributed by atoms with Gasteiger partial charge in [-0.05, 0) is 45.1 Å². The van der Waals surface area contributed by atoms with E-state index in [1.54, 1.807) is 0 Å². The molecule has 4 nitrogen and oxygen atoms in total. The highest BCUT2D eigenvalue weighted by Crippen LogP contribution is 2.23. The van der Waals surface area contributed by atoms with Gasteiger partial charge in [-0.25, -0.2) is 4.98 Å². The van der Waals surface area contributed by atoms with E-state index in [9.17, 15) is 4.79 Å². The molecule has 0 radical (unpaired) electrons. The third-order valence-electron chi connectivity index (χ3n) is 4.05. The van der Waals surface area contributed by atoms with Crippen LogP contribution in [0, 0.1) is 0 Å². The van der Waals surface area contributed by atoms with Gasteiger partial charge in [-0.3, -0.25) is 9.36 Å². The molecule has 2 heterocycles. The molecule has 20 heavy (non-hydrogen) atoms. The van der Waals surface area contributed by atoms with E-state index < -0.39 is 0 Å². The van der Waals surface area contributed by atoms with Crippen LogP contribution in [0.1, 0.15) is 24.7 Å². The van der Waals surface area contributed by atoms with E-state index in [-0.39, 0.29) is 17.5 Å². The van der Waals surface area contributed by atoms with E-state index in [0.29, 0.717) is 11.2 Å². The lowest BCUT2D eigenvalue weighted by Gasteiger charge is -2.31. The first-order valence-electron chi connectivity index (χ1n) is 6.95. The number of piperidine rings is 1. The smallest absolute Gasteiger partial charge is 0.261 e. The van der Waals surface area contributed by atoms with Crippen molar-refractivity contribution in [1.82, 2.24) is 14.5 Å². The van der Waals surface area contributed by atoms with Crippen LogP contribution in [-0.2, 0) is 5.88 Å². The zero-order valence-electron chi connectivity index (χ0n) is 11.6. The van der Waals surface area contributed by atoms with E-state index in [2.05, 4.69) is 16.9 Å². The van der Waals surface area contributed by atoms with Crippen LogP contribution in [0.15, 0.2) is 29.1 Å². The summed E-state index contributed by atoms with van der Waals surface area (Å²) in [6.07, 6.45) is 1.95. The number of benzene rings is 1. The van der Waals surface area contributed by atoms with Crippen LogP contribution in [0.2, 0.25) is 0 Å². The lowest BCUT2D eigenvalue weighted by molar-refractivity contribution is 0.216. The summed E-state index contributed by atoms with van der Waals surface area (Å²) in [4.78, 5) is 19.6. The molecule has 0 N–H and O–H groups in total. The zero-order valence-corrected chi connectivity index (χ0v) is 12.3. The molecule has 106 valence electrons. The van der Waals surface area contributed by atoms with E-state index in [1.807, 2.05) is 28.8 Å². The maximum atomic E-state index is 12.7. The van der Waals surface area contributed by atoms with Crippen LogP contribution < -0.4 is 5.56 Å². The number of para-hydroxylation sites is 1. The minimum absolute atomic E-state index is 0.0424. The van der Waals surface area contributed by atoms with Crippen LogP contribution in [0.25, 0.3) is 10.9 Å². The fourth-order valence-electron chi connectivity index (χ4n) is 2.92. The van der Waals surface area contributed by atoms with Crippen molar-refractivity contribution < 1.29 is 0 Å². The summed E-state index contributed by atoms with van der Waals surface area (Å²) in [7, 11) is 2.11. The summed E-state index contributed by atoms with van der Waals surface area (Å²) < 4.78 is 1.82. The Hall–Kier alpha value is -1.39. The number of rotatable bonds is 2. The first-order valence-corrected chi connectivity index (χ1v) is 7.49. The molecule has 3 rings (SSSR count). The molecule has 1 aliphatic heterocycles. The Morgan fingerprint density at radius 1 is 1.30 bits per heavy atom. The van der Waals surface area contributed by atoms with Gasteiger partial charge in [-0.1, -0.05) is 12.1 Å². The molecule has 0 amide bonds. The van der Waals surface area contributed by atoms with Crippen molar-refractivity contribution >= 4 is 22.5 Å². The Balaban J connectivity index is 2.13. The molecule has 1 aromatic heterocycles. The standard InChI is InChI=1S/C15H18ClN3O/c1-18-8-6-11(7-9-18)19-14(10-16)17-13-5-3-2-4-12(13)15(19)20/h2-5,11H,6-10H2,1H3. The summed E-state index contributed by atoms with van der Waals surface area (Å²) in [6, 6.07) is 7.70. The molecule has 1 fully saturated rings. The van der Waals surface area contributed by atoms with Crippen LogP contribution in [0.4, 0.5) is 0 Å². The molecule has 5 heteroatoms. The second-order valence-electron chi connectivity index (χ2n) is 5.39. The molecule has 0 spiro atoms. The molecule has 0 aliphatic carbocycles. The summed E-state index contributed by atoms with van der Waals surface area (Å²) >= 11 is 6.02. The van der Waals surface area contributed by atoms with Gasteiger partial charge in [0.25, 0.3) is 5.56 Å². The van der Waals surface area contributed by atoms with Crippen molar-refractivity contribution in [3.05, 3.63) is 40.4 Å². The van der Waals surface area contributed by atoms with E-state index in [4.69, 9.17) is 11.6 Å². The first-order chi connectivity index (χ1) is 9.70. The number of halogens is 1. The highest BCUT2D eigenvalue weighted by molar-refractivity contribution is 6.16. The highest BCUT2D eigenvalue weighted by Gasteiger charge is 2.22. The Morgan fingerprint density at radius 2 is 2.00 bits per heavy atom. The monoisotopic (exact) mass is 291 g/mol. The molecule has 0 atom stereocenters. The topological polar surface area (TPSA) is 38.1 Å². The Labute approximate surface area is 123 Å². The number of fused-ring (bicyclic) bond motifs is 1. The maximum absolute atomic E-state index is 12.7. The van der Waals surface area contributed by atoms with Crippen LogP contribution in [-0.4, -0.2) is 34.6 Å². The van der Waals surface area contributed by atoms with Crippen molar-refractivity contribution in [2.24, 2.45) is 0 Å². The summed E-state index contributed by atoms with van der Waals surface area (Å²) in [6.45, 7) is 2.01. The zero-order chi connectivity index (χ0) is 14.1. The van der Waals surface area contributed by atoms with Gasteiger partial charge in [0.1, 0.15) is 5.82 Å². The van der Waals surface area contributed by atoms with Gasteiger partial charge in [-0.15, -0.1) is 11.6 Å². The molecule has 0 bridgehead atoms. The fraction of sp³-hybridized carbons (Fsp3) is 0.467. The minimum Gasteiger partial charge on any atom is -0.306 e. The van der Waals surface area contributed by atoms with Crippen LogP contribution in [0.5, 0.6) is 0 Å². The molecular weight excluding hydrogens is 274 g/mol. The van der Waals surface area contributed by atoms with Crippen molar-refractivity contribution in [3.63, 3.8) is 0 Å². The van der Waals surface area contributed by atoms with Crippen molar-refractivity contribution in [2.45, 2.75) is 24.8 Å². The molecular formula is C15H18ClN3O. The molecule has 2 aromatic rings. The van der Waals surface area contributed by atoms with Crippen LogP contribution >= 0.6 is 11.6 Å². The Morgan fingerprint density at radius 3 is 2.70 bits per heavy atom. The van der Waals surface area contributed by atoms with Gasteiger partial charge in [-0.2, -0.15) is 0 Å². The van der Waals surface area contributed by atoms with E-state index in [0.717, 1.165) is 31.4 Å². The first kappa shape index (κ1) is 13.6. The van der Waals surface area contributed by atoms with Gasteiger partial charge >= 0.3 is 0 Å². The maximum Gasteiger partial charge on any atom is 0.261 e. The van der Waals surface area contributed by atoms with Gasteiger partial charge in [0.15, 0.2) is 0 Å². The van der Waals surface area contributed by atoms with E-state index >= 15 is 0 Å². The SMILES string of the molecule is CN1CCC(n2c(CCl)nc3ccccc3c2=O)CC1. The average Bonchev–Trinajstić information content (AvgIpc) is 2.48. The summed E-state index contributed by atoms with van der Waals surface area (Å²) in [5.41, 5.74) is 0.776.